The monoisotopic (exact) mass is 652 g/mol. The van der Waals surface area contributed by atoms with Crippen LogP contribution in [0.3, 0.4) is 0 Å². The summed E-state index contributed by atoms with van der Waals surface area (Å²) < 4.78 is 44.3. The van der Waals surface area contributed by atoms with Crippen LogP contribution in [0.2, 0.25) is 0 Å². The highest BCUT2D eigenvalue weighted by Crippen LogP contribution is 2.34. The second-order valence-electron chi connectivity index (χ2n) is 9.03. The van der Waals surface area contributed by atoms with Crippen molar-refractivity contribution in [3.05, 3.63) is 88.6 Å². The number of pyridine rings is 1. The number of nitrogens with two attached hydrogens (primary N) is 1. The minimum absolute atomic E-state index is 0.0128. The van der Waals surface area contributed by atoms with Crippen molar-refractivity contribution < 1.29 is 12.8 Å². The first-order valence-corrected chi connectivity index (χ1v) is 14.0. The molecule has 0 bridgehead atoms. The van der Waals surface area contributed by atoms with Crippen molar-refractivity contribution in [2.45, 2.75) is 25.8 Å². The van der Waals surface area contributed by atoms with E-state index in [1.54, 1.807) is 12.1 Å². The molecule has 1 aliphatic rings. The van der Waals surface area contributed by atoms with Crippen molar-refractivity contribution in [1.82, 2.24) is 13.7 Å². The molecule has 0 radical (unpaired) electrons. The molecule has 0 atom stereocenters. The first-order valence-electron chi connectivity index (χ1n) is 11.4. The molecule has 4 N–H and O–H groups in total. The highest BCUT2D eigenvalue weighted by Gasteiger charge is 2.31. The van der Waals surface area contributed by atoms with Crippen LogP contribution in [0.15, 0.2) is 56.8 Å². The SMILES string of the molecule is Cc1c(=O)n(C)c(Nc2ccc(I)cc2F)c2c(=O)n(C3CC3)c(=O)n(-c3cccc(NS(N)(=O)=O)c3)c12. The van der Waals surface area contributed by atoms with Crippen molar-refractivity contribution in [2.75, 3.05) is 10.0 Å². The summed E-state index contributed by atoms with van der Waals surface area (Å²) in [6.07, 6.45) is 1.24. The summed E-state index contributed by atoms with van der Waals surface area (Å²) in [7, 11) is -2.65. The molecule has 38 heavy (non-hydrogen) atoms. The van der Waals surface area contributed by atoms with Gasteiger partial charge in [-0.25, -0.2) is 14.3 Å². The van der Waals surface area contributed by atoms with Gasteiger partial charge in [-0.1, -0.05) is 6.07 Å². The summed E-state index contributed by atoms with van der Waals surface area (Å²) in [5.74, 6) is -0.571. The maximum atomic E-state index is 14.8. The molecular formula is C24H22FIN6O5S. The van der Waals surface area contributed by atoms with Crippen LogP contribution in [0.4, 0.5) is 21.6 Å². The van der Waals surface area contributed by atoms with Crippen LogP contribution < -0.4 is 32.0 Å². The first-order chi connectivity index (χ1) is 17.9. The molecule has 2 heterocycles. The van der Waals surface area contributed by atoms with Crippen LogP contribution >= 0.6 is 22.6 Å². The third-order valence-electron chi connectivity index (χ3n) is 6.30. The maximum absolute atomic E-state index is 14.8. The third-order valence-corrected chi connectivity index (χ3v) is 7.50. The molecule has 0 aliphatic heterocycles. The maximum Gasteiger partial charge on any atom is 0.336 e. The molecule has 1 saturated carbocycles. The van der Waals surface area contributed by atoms with E-state index in [-0.39, 0.29) is 45.4 Å². The Bertz CT molecular complexity index is 1930. The number of benzene rings is 2. The van der Waals surface area contributed by atoms with Gasteiger partial charge in [-0.15, -0.1) is 0 Å². The lowest BCUT2D eigenvalue weighted by molar-refractivity contribution is 0.603. The van der Waals surface area contributed by atoms with Crippen LogP contribution in [0, 0.1) is 16.3 Å². The highest BCUT2D eigenvalue weighted by atomic mass is 127. The molecule has 2 aromatic heterocycles. The number of aromatic nitrogens is 3. The largest absolute Gasteiger partial charge is 0.338 e. The van der Waals surface area contributed by atoms with Crippen molar-refractivity contribution in [3.63, 3.8) is 0 Å². The average molecular weight is 652 g/mol. The molecule has 0 amide bonds. The molecule has 198 valence electrons. The fraction of sp³-hybridized carbons (Fsp3) is 0.208. The van der Waals surface area contributed by atoms with Gasteiger partial charge in [0.25, 0.3) is 21.3 Å². The Hall–Kier alpha value is -3.50. The molecular weight excluding hydrogens is 630 g/mol. The predicted octanol–water partition coefficient (Wildman–Crippen LogP) is 2.60. The summed E-state index contributed by atoms with van der Waals surface area (Å²) in [5.41, 5.74) is -1.35. The lowest BCUT2D eigenvalue weighted by Crippen LogP contribution is -2.41. The number of rotatable bonds is 6. The molecule has 1 aliphatic carbocycles. The van der Waals surface area contributed by atoms with Gasteiger partial charge in [0, 0.05) is 22.2 Å². The van der Waals surface area contributed by atoms with E-state index in [0.29, 0.717) is 16.4 Å². The number of nitrogens with zero attached hydrogens (tertiary/aromatic N) is 3. The van der Waals surface area contributed by atoms with Gasteiger partial charge in [-0.3, -0.25) is 28.0 Å². The van der Waals surface area contributed by atoms with Crippen LogP contribution in [-0.4, -0.2) is 22.1 Å². The van der Waals surface area contributed by atoms with Crippen molar-refractivity contribution in [2.24, 2.45) is 12.2 Å². The Morgan fingerprint density at radius 1 is 1.08 bits per heavy atom. The van der Waals surface area contributed by atoms with Gasteiger partial charge in [-0.2, -0.15) is 8.42 Å². The van der Waals surface area contributed by atoms with Crippen molar-refractivity contribution in [1.29, 1.82) is 0 Å². The standard InChI is InChI=1S/C24H22FIN6O5S/c1-12-20-19(21(30(2)22(12)33)28-18-9-6-13(26)10-17(18)25)23(34)32(15-7-8-15)24(35)31(20)16-5-3-4-14(11-16)29-38(27,36)37/h3-6,9-11,15,28-29H,7-8H2,1-2H3,(H2,27,36,37). The quantitative estimate of drug-likeness (QED) is 0.273. The molecule has 4 aromatic rings. The molecule has 11 nitrogen and oxygen atoms in total. The topological polar surface area (TPSA) is 150 Å². The second kappa shape index (κ2) is 9.36. The number of aryl methyl sites for hydroxylation is 1. The van der Waals surface area contributed by atoms with E-state index < -0.39 is 32.8 Å². The fourth-order valence-corrected chi connectivity index (χ4v) is 5.36. The third kappa shape index (κ3) is 4.63. The Balaban J connectivity index is 1.90. The number of nitrogens with one attached hydrogen (secondary N) is 2. The Labute approximate surface area is 229 Å². The summed E-state index contributed by atoms with van der Waals surface area (Å²) in [6.45, 7) is 1.49. The van der Waals surface area contributed by atoms with Gasteiger partial charge in [0.2, 0.25) is 0 Å². The number of hydrogen-bond donors (Lipinski definition) is 3. The summed E-state index contributed by atoms with van der Waals surface area (Å²) >= 11 is 1.97. The van der Waals surface area contributed by atoms with Crippen LogP contribution in [0.1, 0.15) is 24.4 Å². The minimum Gasteiger partial charge on any atom is -0.338 e. The van der Waals surface area contributed by atoms with E-state index >= 15 is 0 Å². The predicted molar refractivity (Wildman–Crippen MR) is 151 cm³/mol. The number of fused-ring (bicyclic) bond motifs is 1. The zero-order valence-electron chi connectivity index (χ0n) is 20.2. The summed E-state index contributed by atoms with van der Waals surface area (Å²) in [4.78, 5) is 40.9. The Morgan fingerprint density at radius 3 is 2.42 bits per heavy atom. The first kappa shape index (κ1) is 26.1. The Kier molecular flexibility index (Phi) is 6.43. The van der Waals surface area contributed by atoms with Gasteiger partial charge < -0.3 is 5.32 Å². The average Bonchev–Trinajstić information content (AvgIpc) is 3.66. The van der Waals surface area contributed by atoms with E-state index in [2.05, 4.69) is 10.0 Å². The van der Waals surface area contributed by atoms with E-state index in [1.165, 1.54) is 53.4 Å². The molecule has 5 rings (SSSR count). The molecule has 0 spiro atoms. The van der Waals surface area contributed by atoms with Gasteiger partial charge in [0.1, 0.15) is 17.0 Å². The van der Waals surface area contributed by atoms with Gasteiger partial charge >= 0.3 is 5.69 Å². The second-order valence-corrected chi connectivity index (χ2v) is 11.6. The molecule has 14 heteroatoms. The van der Waals surface area contributed by atoms with E-state index in [0.717, 1.165) is 4.57 Å². The van der Waals surface area contributed by atoms with Gasteiger partial charge in [-0.05, 0) is 78.8 Å². The van der Waals surface area contributed by atoms with Crippen LogP contribution in [0.5, 0.6) is 0 Å². The molecule has 1 fully saturated rings. The zero-order chi connectivity index (χ0) is 27.5. The lowest BCUT2D eigenvalue weighted by atomic mass is 10.1. The van der Waals surface area contributed by atoms with Crippen LogP contribution in [0.25, 0.3) is 16.6 Å². The smallest absolute Gasteiger partial charge is 0.336 e. The molecule has 0 saturated heterocycles. The van der Waals surface area contributed by atoms with Gasteiger partial charge in [0.15, 0.2) is 0 Å². The van der Waals surface area contributed by atoms with Crippen molar-refractivity contribution >= 4 is 60.9 Å². The van der Waals surface area contributed by atoms with Crippen molar-refractivity contribution in [3.8, 4) is 5.69 Å². The molecule has 0 unspecified atom stereocenters. The van der Waals surface area contributed by atoms with Gasteiger partial charge in [0.05, 0.1) is 22.6 Å². The van der Waals surface area contributed by atoms with Crippen LogP contribution in [-0.2, 0) is 17.3 Å². The van der Waals surface area contributed by atoms with E-state index in [1.807, 2.05) is 22.6 Å². The molecule has 2 aromatic carbocycles. The number of halogens is 2. The highest BCUT2D eigenvalue weighted by molar-refractivity contribution is 14.1. The summed E-state index contributed by atoms with van der Waals surface area (Å²) in [5, 5.41) is 8.01. The minimum atomic E-state index is -4.11. The van der Waals surface area contributed by atoms with E-state index in [9.17, 15) is 27.2 Å². The summed E-state index contributed by atoms with van der Waals surface area (Å²) in [6, 6.07) is 9.99. The normalized spacial score (nSPS) is 13.6. The number of anilines is 3. The lowest BCUT2D eigenvalue weighted by Gasteiger charge is -2.21. The number of hydrogen-bond acceptors (Lipinski definition) is 6. The van der Waals surface area contributed by atoms with E-state index in [4.69, 9.17) is 5.14 Å². The fourth-order valence-electron chi connectivity index (χ4n) is 4.45. The Morgan fingerprint density at radius 2 is 1.79 bits per heavy atom. The zero-order valence-corrected chi connectivity index (χ0v) is 23.1.